The van der Waals surface area contributed by atoms with Crippen LogP contribution in [0.5, 0.6) is 0 Å². The fourth-order valence-electron chi connectivity index (χ4n) is 3.25. The highest BCUT2D eigenvalue weighted by atomic mass is 16.4. The van der Waals surface area contributed by atoms with E-state index in [2.05, 4.69) is 19.2 Å². The van der Waals surface area contributed by atoms with Gasteiger partial charge in [0.15, 0.2) is 0 Å². The van der Waals surface area contributed by atoms with Gasteiger partial charge in [-0.2, -0.15) is 0 Å². The third kappa shape index (κ3) is 3.63. The number of carbonyl (C=O) groups is 2. The fraction of sp³-hybridized carbons (Fsp3) is 0.529. The van der Waals surface area contributed by atoms with Crippen LogP contribution < -0.4 is 5.32 Å². The van der Waals surface area contributed by atoms with Gasteiger partial charge in [-0.05, 0) is 36.8 Å². The molecule has 1 aliphatic rings. The Morgan fingerprint density at radius 1 is 1.14 bits per heavy atom. The standard InChI is InChI=1S/C17H23NO3/c1-11(2)12-7-5-6-10-15(12)18-16(19)13-8-3-4-9-14(13)17(20)21/h3-4,8-9,11-12,15H,5-7,10H2,1-2H3,(H,18,19)(H,20,21). The molecule has 1 fully saturated rings. The van der Waals surface area contributed by atoms with E-state index in [1.165, 1.54) is 12.5 Å². The summed E-state index contributed by atoms with van der Waals surface area (Å²) in [5.74, 6) is -0.347. The number of nitrogens with one attached hydrogen (secondary N) is 1. The molecule has 4 heteroatoms. The first-order valence-corrected chi connectivity index (χ1v) is 7.64. The van der Waals surface area contributed by atoms with Crippen LogP contribution in [0.4, 0.5) is 0 Å². The van der Waals surface area contributed by atoms with Crippen LogP contribution in [0.2, 0.25) is 0 Å². The minimum atomic E-state index is -1.06. The molecule has 0 saturated heterocycles. The Morgan fingerprint density at radius 3 is 2.38 bits per heavy atom. The number of hydrogen-bond donors (Lipinski definition) is 2. The van der Waals surface area contributed by atoms with Crippen LogP contribution in [-0.2, 0) is 0 Å². The third-order valence-corrected chi connectivity index (χ3v) is 4.39. The third-order valence-electron chi connectivity index (χ3n) is 4.39. The second-order valence-corrected chi connectivity index (χ2v) is 6.12. The summed E-state index contributed by atoms with van der Waals surface area (Å²) in [6.45, 7) is 4.36. The predicted molar refractivity (Wildman–Crippen MR) is 81.5 cm³/mol. The van der Waals surface area contributed by atoms with E-state index in [-0.39, 0.29) is 23.1 Å². The molecule has 4 nitrogen and oxygen atoms in total. The van der Waals surface area contributed by atoms with Gasteiger partial charge in [0.25, 0.3) is 5.91 Å². The predicted octanol–water partition coefficient (Wildman–Crippen LogP) is 3.33. The normalized spacial score (nSPS) is 22.0. The van der Waals surface area contributed by atoms with Crippen molar-refractivity contribution in [3.8, 4) is 0 Å². The first-order chi connectivity index (χ1) is 10.0. The molecule has 114 valence electrons. The highest BCUT2D eigenvalue weighted by molar-refractivity contribution is 6.04. The van der Waals surface area contributed by atoms with Crippen LogP contribution in [0.25, 0.3) is 0 Å². The summed E-state index contributed by atoms with van der Waals surface area (Å²) in [4.78, 5) is 23.6. The summed E-state index contributed by atoms with van der Waals surface area (Å²) < 4.78 is 0. The lowest BCUT2D eigenvalue weighted by Gasteiger charge is -2.35. The molecule has 1 saturated carbocycles. The van der Waals surface area contributed by atoms with E-state index < -0.39 is 5.97 Å². The number of carbonyl (C=O) groups excluding carboxylic acids is 1. The Kier molecular flexibility index (Phi) is 4.99. The summed E-state index contributed by atoms with van der Waals surface area (Å²) in [5.41, 5.74) is 0.310. The Labute approximate surface area is 125 Å². The van der Waals surface area contributed by atoms with Crippen molar-refractivity contribution in [1.29, 1.82) is 0 Å². The summed E-state index contributed by atoms with van der Waals surface area (Å²) in [6.07, 6.45) is 4.43. The quantitative estimate of drug-likeness (QED) is 0.893. The van der Waals surface area contributed by atoms with Gasteiger partial charge in [0.2, 0.25) is 0 Å². The molecule has 1 aromatic carbocycles. The molecule has 0 aliphatic heterocycles. The molecule has 0 spiro atoms. The molecule has 1 amide bonds. The molecule has 1 aromatic rings. The number of hydrogen-bond acceptors (Lipinski definition) is 2. The molecule has 2 N–H and O–H groups in total. The van der Waals surface area contributed by atoms with Gasteiger partial charge >= 0.3 is 5.97 Å². The number of aromatic carboxylic acids is 1. The first kappa shape index (κ1) is 15.5. The largest absolute Gasteiger partial charge is 0.478 e. The van der Waals surface area contributed by atoms with E-state index in [1.807, 2.05) is 0 Å². The minimum absolute atomic E-state index is 0.0620. The fourth-order valence-corrected chi connectivity index (χ4v) is 3.25. The Balaban J connectivity index is 2.15. The molecular formula is C17H23NO3. The van der Waals surface area contributed by atoms with Gasteiger partial charge in [-0.3, -0.25) is 4.79 Å². The second-order valence-electron chi connectivity index (χ2n) is 6.12. The number of benzene rings is 1. The van der Waals surface area contributed by atoms with E-state index in [4.69, 9.17) is 0 Å². The van der Waals surface area contributed by atoms with Crippen LogP contribution >= 0.6 is 0 Å². The van der Waals surface area contributed by atoms with E-state index in [0.29, 0.717) is 11.8 Å². The van der Waals surface area contributed by atoms with Gasteiger partial charge in [-0.1, -0.05) is 38.8 Å². The molecule has 0 bridgehead atoms. The molecule has 2 rings (SSSR count). The van der Waals surface area contributed by atoms with Gasteiger partial charge in [0, 0.05) is 6.04 Å². The van der Waals surface area contributed by atoms with E-state index in [9.17, 15) is 14.7 Å². The summed E-state index contributed by atoms with van der Waals surface area (Å²) in [5, 5.41) is 12.2. The second kappa shape index (κ2) is 6.74. The molecule has 2 unspecified atom stereocenters. The van der Waals surface area contributed by atoms with Crippen molar-refractivity contribution in [2.24, 2.45) is 11.8 Å². The number of amides is 1. The van der Waals surface area contributed by atoms with Gasteiger partial charge in [-0.15, -0.1) is 0 Å². The smallest absolute Gasteiger partial charge is 0.336 e. The Bertz CT molecular complexity index is 525. The molecule has 21 heavy (non-hydrogen) atoms. The van der Waals surface area contributed by atoms with Crippen LogP contribution in [0.15, 0.2) is 24.3 Å². The van der Waals surface area contributed by atoms with E-state index in [1.54, 1.807) is 18.2 Å². The van der Waals surface area contributed by atoms with Gasteiger partial charge in [0.05, 0.1) is 11.1 Å². The maximum absolute atomic E-state index is 12.4. The zero-order valence-electron chi connectivity index (χ0n) is 12.6. The molecule has 0 radical (unpaired) electrons. The average Bonchev–Trinajstić information content (AvgIpc) is 2.47. The molecule has 0 heterocycles. The number of rotatable bonds is 4. The maximum Gasteiger partial charge on any atom is 0.336 e. The molecular weight excluding hydrogens is 266 g/mol. The topological polar surface area (TPSA) is 66.4 Å². The van der Waals surface area contributed by atoms with Crippen LogP contribution in [0, 0.1) is 11.8 Å². The number of carboxylic acid groups (broad SMARTS) is 1. The minimum Gasteiger partial charge on any atom is -0.478 e. The molecule has 0 aromatic heterocycles. The van der Waals surface area contributed by atoms with Gasteiger partial charge in [0.1, 0.15) is 0 Å². The van der Waals surface area contributed by atoms with Crippen molar-refractivity contribution < 1.29 is 14.7 Å². The van der Waals surface area contributed by atoms with Crippen molar-refractivity contribution in [2.45, 2.75) is 45.6 Å². The SMILES string of the molecule is CC(C)C1CCCCC1NC(=O)c1ccccc1C(=O)O. The van der Waals surface area contributed by atoms with Crippen molar-refractivity contribution in [2.75, 3.05) is 0 Å². The van der Waals surface area contributed by atoms with E-state index in [0.717, 1.165) is 19.3 Å². The van der Waals surface area contributed by atoms with Crippen LogP contribution in [0.3, 0.4) is 0 Å². The van der Waals surface area contributed by atoms with E-state index >= 15 is 0 Å². The van der Waals surface area contributed by atoms with Crippen molar-refractivity contribution in [1.82, 2.24) is 5.32 Å². The molecule has 2 atom stereocenters. The maximum atomic E-state index is 12.4. The van der Waals surface area contributed by atoms with Gasteiger partial charge < -0.3 is 10.4 Å². The number of carboxylic acids is 1. The average molecular weight is 289 g/mol. The monoisotopic (exact) mass is 289 g/mol. The lowest BCUT2D eigenvalue weighted by atomic mass is 9.77. The lowest BCUT2D eigenvalue weighted by molar-refractivity contribution is 0.0689. The lowest BCUT2D eigenvalue weighted by Crippen LogP contribution is -2.44. The first-order valence-electron chi connectivity index (χ1n) is 7.64. The summed E-state index contributed by atoms with van der Waals surface area (Å²) >= 11 is 0. The van der Waals surface area contributed by atoms with Crippen molar-refractivity contribution >= 4 is 11.9 Å². The zero-order chi connectivity index (χ0) is 15.4. The Morgan fingerprint density at radius 2 is 1.76 bits per heavy atom. The van der Waals surface area contributed by atoms with Crippen LogP contribution in [0.1, 0.15) is 60.2 Å². The van der Waals surface area contributed by atoms with Crippen molar-refractivity contribution in [3.05, 3.63) is 35.4 Å². The zero-order valence-corrected chi connectivity index (χ0v) is 12.6. The van der Waals surface area contributed by atoms with Crippen LogP contribution in [-0.4, -0.2) is 23.0 Å². The Hall–Kier alpha value is -1.84. The van der Waals surface area contributed by atoms with Crippen molar-refractivity contribution in [3.63, 3.8) is 0 Å². The highest BCUT2D eigenvalue weighted by Crippen LogP contribution is 2.30. The summed E-state index contributed by atoms with van der Waals surface area (Å²) in [7, 11) is 0. The summed E-state index contributed by atoms with van der Waals surface area (Å²) in [6, 6.07) is 6.53. The molecule has 1 aliphatic carbocycles. The van der Waals surface area contributed by atoms with Gasteiger partial charge in [-0.25, -0.2) is 4.79 Å². The highest BCUT2D eigenvalue weighted by Gasteiger charge is 2.29.